The predicted molar refractivity (Wildman–Crippen MR) is 125 cm³/mol. The monoisotopic (exact) mass is 470 g/mol. The van der Waals surface area contributed by atoms with Crippen LogP contribution in [0.15, 0.2) is 0 Å². The zero-order valence-corrected chi connectivity index (χ0v) is 20.3. The highest BCUT2D eigenvalue weighted by molar-refractivity contribution is 5.87. The lowest BCUT2D eigenvalue weighted by Gasteiger charge is -2.16. The van der Waals surface area contributed by atoms with E-state index in [0.717, 1.165) is 19.3 Å². The van der Waals surface area contributed by atoms with Crippen LogP contribution in [-0.2, 0) is 24.0 Å². The topological polar surface area (TPSA) is 168 Å². The number of primary amides is 1. The molecule has 3 unspecified atom stereocenters. The Hall–Kier alpha value is -2.49. The van der Waals surface area contributed by atoms with E-state index in [1.165, 1.54) is 7.05 Å². The SMILES string of the molecule is CCCC(CC)C(=O)CCCC(=O)NC(CCCCNC(=O)CCC(NC)C(=O)O)C(N)=O. The molecule has 10 heteroatoms. The van der Waals surface area contributed by atoms with Gasteiger partial charge in [0.15, 0.2) is 0 Å². The second kappa shape index (κ2) is 18.0. The summed E-state index contributed by atoms with van der Waals surface area (Å²) in [5.41, 5.74) is 5.39. The van der Waals surface area contributed by atoms with Crippen molar-refractivity contribution in [3.8, 4) is 0 Å². The average molecular weight is 471 g/mol. The summed E-state index contributed by atoms with van der Waals surface area (Å²) in [6.07, 6.45) is 5.38. The summed E-state index contributed by atoms with van der Waals surface area (Å²) in [4.78, 5) is 58.7. The van der Waals surface area contributed by atoms with Crippen LogP contribution in [-0.4, -0.2) is 60.3 Å². The fourth-order valence-electron chi connectivity index (χ4n) is 3.58. The van der Waals surface area contributed by atoms with E-state index in [9.17, 15) is 24.0 Å². The van der Waals surface area contributed by atoms with Crippen LogP contribution in [0.2, 0.25) is 0 Å². The molecule has 0 spiro atoms. The van der Waals surface area contributed by atoms with Crippen LogP contribution in [0.4, 0.5) is 0 Å². The van der Waals surface area contributed by atoms with Crippen molar-refractivity contribution in [1.29, 1.82) is 0 Å². The second-order valence-electron chi connectivity index (χ2n) is 8.30. The summed E-state index contributed by atoms with van der Waals surface area (Å²) < 4.78 is 0. The van der Waals surface area contributed by atoms with E-state index in [0.29, 0.717) is 38.6 Å². The van der Waals surface area contributed by atoms with Gasteiger partial charge in [-0.25, -0.2) is 0 Å². The van der Waals surface area contributed by atoms with Gasteiger partial charge in [-0.2, -0.15) is 0 Å². The Labute approximate surface area is 196 Å². The van der Waals surface area contributed by atoms with Gasteiger partial charge in [0, 0.05) is 31.7 Å². The molecule has 0 aromatic rings. The van der Waals surface area contributed by atoms with Crippen molar-refractivity contribution < 1.29 is 29.1 Å². The Morgan fingerprint density at radius 1 is 0.848 bits per heavy atom. The first-order valence-electron chi connectivity index (χ1n) is 11.9. The lowest BCUT2D eigenvalue weighted by molar-refractivity contribution is -0.139. The van der Waals surface area contributed by atoms with Crippen molar-refractivity contribution in [2.45, 2.75) is 96.6 Å². The van der Waals surface area contributed by atoms with Gasteiger partial charge in [-0.3, -0.25) is 24.0 Å². The first kappa shape index (κ1) is 30.5. The molecule has 0 aromatic heterocycles. The van der Waals surface area contributed by atoms with Crippen LogP contribution in [0.5, 0.6) is 0 Å². The molecule has 10 nitrogen and oxygen atoms in total. The fourth-order valence-corrected chi connectivity index (χ4v) is 3.58. The number of carboxylic acid groups (broad SMARTS) is 1. The van der Waals surface area contributed by atoms with Crippen LogP contribution in [0.1, 0.15) is 84.5 Å². The smallest absolute Gasteiger partial charge is 0.320 e. The van der Waals surface area contributed by atoms with E-state index < -0.39 is 24.0 Å². The quantitative estimate of drug-likeness (QED) is 0.167. The number of likely N-dealkylation sites (N-methyl/N-ethyl adjacent to an activating group) is 1. The van der Waals surface area contributed by atoms with Crippen LogP contribution < -0.4 is 21.7 Å². The molecule has 0 heterocycles. The normalized spacial score (nSPS) is 13.5. The molecular weight excluding hydrogens is 428 g/mol. The van der Waals surface area contributed by atoms with Crippen molar-refractivity contribution in [3.63, 3.8) is 0 Å². The molecule has 0 aromatic carbocycles. The largest absolute Gasteiger partial charge is 0.480 e. The van der Waals surface area contributed by atoms with Crippen molar-refractivity contribution in [1.82, 2.24) is 16.0 Å². The summed E-state index contributed by atoms with van der Waals surface area (Å²) >= 11 is 0. The summed E-state index contributed by atoms with van der Waals surface area (Å²) in [6, 6.07) is -1.56. The zero-order valence-electron chi connectivity index (χ0n) is 20.3. The number of amides is 3. The third-order valence-electron chi connectivity index (χ3n) is 5.64. The molecule has 0 rings (SSSR count). The summed E-state index contributed by atoms with van der Waals surface area (Å²) in [7, 11) is 1.53. The van der Waals surface area contributed by atoms with Crippen molar-refractivity contribution in [2.24, 2.45) is 11.7 Å². The van der Waals surface area contributed by atoms with E-state index in [-0.39, 0.29) is 42.8 Å². The van der Waals surface area contributed by atoms with E-state index in [1.807, 2.05) is 13.8 Å². The molecule has 0 saturated heterocycles. The highest BCUT2D eigenvalue weighted by Gasteiger charge is 2.19. The fraction of sp³-hybridized carbons (Fsp3) is 0.783. The second-order valence-corrected chi connectivity index (χ2v) is 8.30. The van der Waals surface area contributed by atoms with Gasteiger partial charge in [0.1, 0.15) is 17.9 Å². The number of nitrogens with one attached hydrogen (secondary N) is 3. The molecule has 190 valence electrons. The lowest BCUT2D eigenvalue weighted by atomic mass is 9.93. The standard InChI is InChI=1S/C23H42N4O6/c1-4-9-16(5-2)19(28)11-8-12-21(30)27-17(22(24)31)10-6-7-15-26-20(29)14-13-18(25-3)23(32)33/h16-18,25H,4-15H2,1-3H3,(H2,24,31)(H,26,29)(H,27,30)(H,32,33). The van der Waals surface area contributed by atoms with Gasteiger partial charge in [0.25, 0.3) is 0 Å². The average Bonchev–Trinajstić information content (AvgIpc) is 2.76. The van der Waals surface area contributed by atoms with Crippen molar-refractivity contribution in [3.05, 3.63) is 0 Å². The van der Waals surface area contributed by atoms with Gasteiger partial charge in [-0.1, -0.05) is 20.3 Å². The molecule has 0 fully saturated rings. The van der Waals surface area contributed by atoms with Crippen LogP contribution in [0, 0.1) is 5.92 Å². The highest BCUT2D eigenvalue weighted by Crippen LogP contribution is 2.15. The first-order chi connectivity index (χ1) is 15.7. The number of hydrogen-bond acceptors (Lipinski definition) is 6. The van der Waals surface area contributed by atoms with Gasteiger partial charge >= 0.3 is 5.97 Å². The van der Waals surface area contributed by atoms with Gasteiger partial charge < -0.3 is 26.8 Å². The number of aliphatic carboxylic acids is 1. The lowest BCUT2D eigenvalue weighted by Crippen LogP contribution is -2.44. The molecular formula is C23H42N4O6. The van der Waals surface area contributed by atoms with Gasteiger partial charge in [-0.15, -0.1) is 0 Å². The number of carbonyl (C=O) groups is 5. The number of Topliss-reactive ketones (excluding diaryl/α,β-unsaturated/α-hetero) is 1. The Kier molecular flexibility index (Phi) is 16.6. The molecule has 3 atom stereocenters. The first-order valence-corrected chi connectivity index (χ1v) is 11.9. The molecule has 0 aliphatic heterocycles. The van der Waals surface area contributed by atoms with E-state index in [4.69, 9.17) is 10.8 Å². The molecule has 33 heavy (non-hydrogen) atoms. The Balaban J connectivity index is 4.16. The van der Waals surface area contributed by atoms with Gasteiger partial charge in [-0.05, 0) is 52.0 Å². The molecule has 0 aliphatic rings. The number of hydrogen-bond donors (Lipinski definition) is 5. The zero-order chi connectivity index (χ0) is 25.2. The van der Waals surface area contributed by atoms with Gasteiger partial charge in [0.2, 0.25) is 17.7 Å². The van der Waals surface area contributed by atoms with Crippen molar-refractivity contribution >= 4 is 29.5 Å². The maximum absolute atomic E-state index is 12.2. The molecule has 0 aliphatic carbocycles. The Morgan fingerprint density at radius 2 is 1.55 bits per heavy atom. The summed E-state index contributed by atoms with van der Waals surface area (Å²) in [5.74, 6) is -1.93. The minimum absolute atomic E-state index is 0.0545. The maximum atomic E-state index is 12.2. The van der Waals surface area contributed by atoms with E-state index in [1.54, 1.807) is 0 Å². The van der Waals surface area contributed by atoms with Crippen molar-refractivity contribution in [2.75, 3.05) is 13.6 Å². The number of rotatable bonds is 20. The molecule has 0 bridgehead atoms. The van der Waals surface area contributed by atoms with Gasteiger partial charge in [0.05, 0.1) is 0 Å². The number of ketones is 1. The number of carboxylic acids is 1. The van der Waals surface area contributed by atoms with Crippen LogP contribution in [0.25, 0.3) is 0 Å². The number of unbranched alkanes of at least 4 members (excludes halogenated alkanes) is 1. The third kappa shape index (κ3) is 14.3. The third-order valence-corrected chi connectivity index (χ3v) is 5.64. The Bertz CT molecular complexity index is 640. The minimum Gasteiger partial charge on any atom is -0.480 e. The predicted octanol–water partition coefficient (Wildman–Crippen LogP) is 1.26. The summed E-state index contributed by atoms with van der Waals surface area (Å²) in [5, 5.41) is 16.9. The number of nitrogens with two attached hydrogens (primary N) is 1. The maximum Gasteiger partial charge on any atom is 0.320 e. The summed E-state index contributed by atoms with van der Waals surface area (Å²) in [6.45, 7) is 4.42. The van der Waals surface area contributed by atoms with E-state index in [2.05, 4.69) is 16.0 Å². The highest BCUT2D eigenvalue weighted by atomic mass is 16.4. The number of carbonyl (C=O) groups excluding carboxylic acids is 4. The van der Waals surface area contributed by atoms with E-state index >= 15 is 0 Å². The molecule has 0 radical (unpaired) electrons. The van der Waals surface area contributed by atoms with Crippen LogP contribution >= 0.6 is 0 Å². The minimum atomic E-state index is -1.00. The molecule has 3 amide bonds. The van der Waals surface area contributed by atoms with Crippen LogP contribution in [0.3, 0.4) is 0 Å². The Morgan fingerprint density at radius 3 is 2.09 bits per heavy atom. The molecule has 6 N–H and O–H groups in total. The molecule has 0 saturated carbocycles.